The Balaban J connectivity index is 2.35. The first-order chi connectivity index (χ1) is 8.26. The fraction of sp³-hybridized carbons (Fsp3) is 0.273. The topological polar surface area (TPSA) is 47.0 Å². The minimum absolute atomic E-state index is 0.101. The predicted octanol–water partition coefficient (Wildman–Crippen LogP) is 1.99. The fourth-order valence-electron chi connectivity index (χ4n) is 1.64. The van der Waals surface area contributed by atoms with Crippen LogP contribution in [-0.4, -0.2) is 23.7 Å². The number of aromatic nitrogens is 2. The van der Waals surface area contributed by atoms with Crippen LogP contribution < -0.4 is 10.1 Å². The molecule has 1 aromatic heterocycles. The summed E-state index contributed by atoms with van der Waals surface area (Å²) in [7, 11) is 3.26. The average Bonchev–Trinajstić information content (AvgIpc) is 2.84. The highest BCUT2D eigenvalue weighted by atomic mass is 32.1. The van der Waals surface area contributed by atoms with Crippen LogP contribution in [0.5, 0.6) is 5.75 Å². The molecular weight excluding hydrogens is 241 g/mol. The summed E-state index contributed by atoms with van der Waals surface area (Å²) >= 11 is 1.29. The number of benzene rings is 1. The summed E-state index contributed by atoms with van der Waals surface area (Å²) in [6.07, 6.45) is 1.67. The molecule has 0 amide bonds. The molecule has 0 fully saturated rings. The standard InChI is InChI=1S/C11H12FN3OS/c1-13-11(10-6-14-15-17-10)7-3-4-9(16-2)8(12)5-7/h3-6,11,13H,1-2H3. The first kappa shape index (κ1) is 11.9. The largest absolute Gasteiger partial charge is 0.494 e. The molecule has 0 saturated carbocycles. The van der Waals surface area contributed by atoms with Crippen LogP contribution in [0.2, 0.25) is 0 Å². The van der Waals surface area contributed by atoms with Gasteiger partial charge in [-0.2, -0.15) is 0 Å². The van der Waals surface area contributed by atoms with Crippen molar-refractivity contribution in [2.45, 2.75) is 6.04 Å². The van der Waals surface area contributed by atoms with E-state index in [1.54, 1.807) is 12.3 Å². The Kier molecular flexibility index (Phi) is 3.65. The van der Waals surface area contributed by atoms with Crippen molar-refractivity contribution in [2.75, 3.05) is 14.2 Å². The molecule has 0 aliphatic carbocycles. The molecule has 1 unspecified atom stereocenters. The van der Waals surface area contributed by atoms with Crippen molar-refractivity contribution in [1.82, 2.24) is 14.9 Å². The van der Waals surface area contributed by atoms with Crippen LogP contribution >= 0.6 is 11.5 Å². The number of rotatable bonds is 4. The maximum absolute atomic E-state index is 13.6. The first-order valence-corrected chi connectivity index (χ1v) is 5.81. The van der Waals surface area contributed by atoms with Crippen molar-refractivity contribution in [2.24, 2.45) is 0 Å². The summed E-state index contributed by atoms with van der Waals surface area (Å²) in [6, 6.07) is 4.79. The number of hydrogen-bond acceptors (Lipinski definition) is 5. The molecule has 0 spiro atoms. The Morgan fingerprint density at radius 2 is 2.29 bits per heavy atom. The molecule has 17 heavy (non-hydrogen) atoms. The van der Waals surface area contributed by atoms with Gasteiger partial charge in [0.15, 0.2) is 11.6 Å². The van der Waals surface area contributed by atoms with Crippen LogP contribution in [0.4, 0.5) is 4.39 Å². The lowest BCUT2D eigenvalue weighted by Crippen LogP contribution is -2.16. The Morgan fingerprint density at radius 1 is 1.47 bits per heavy atom. The second-order valence-corrected chi connectivity index (χ2v) is 4.25. The number of ether oxygens (including phenoxy) is 1. The third kappa shape index (κ3) is 2.42. The predicted molar refractivity (Wildman–Crippen MR) is 63.8 cm³/mol. The van der Waals surface area contributed by atoms with Gasteiger partial charge < -0.3 is 10.1 Å². The summed E-state index contributed by atoms with van der Waals surface area (Å²) in [5.41, 5.74) is 0.817. The Morgan fingerprint density at radius 3 is 2.82 bits per heavy atom. The van der Waals surface area contributed by atoms with Crippen LogP contribution in [0.1, 0.15) is 16.5 Å². The Hall–Kier alpha value is -1.53. The first-order valence-electron chi connectivity index (χ1n) is 5.04. The molecule has 0 saturated heterocycles. The van der Waals surface area contributed by atoms with Gasteiger partial charge in [-0.1, -0.05) is 10.6 Å². The highest BCUT2D eigenvalue weighted by Crippen LogP contribution is 2.27. The van der Waals surface area contributed by atoms with Gasteiger partial charge in [0.05, 0.1) is 24.2 Å². The normalized spacial score (nSPS) is 12.4. The molecule has 1 heterocycles. The SMILES string of the molecule is CNC(c1ccc(OC)c(F)c1)c1cnns1. The second-order valence-electron chi connectivity index (χ2n) is 3.44. The van der Waals surface area contributed by atoms with Gasteiger partial charge in [0, 0.05) is 0 Å². The van der Waals surface area contributed by atoms with Crippen molar-refractivity contribution >= 4 is 11.5 Å². The van der Waals surface area contributed by atoms with Gasteiger partial charge >= 0.3 is 0 Å². The summed E-state index contributed by atoms with van der Waals surface area (Å²) < 4.78 is 22.3. The molecule has 0 aliphatic heterocycles. The molecular formula is C11H12FN3OS. The summed E-state index contributed by atoms with van der Waals surface area (Å²) in [4.78, 5) is 0.942. The van der Waals surface area contributed by atoms with Crippen LogP contribution in [0.3, 0.4) is 0 Å². The van der Waals surface area contributed by atoms with Gasteiger partial charge in [0.25, 0.3) is 0 Å². The van der Waals surface area contributed by atoms with Gasteiger partial charge in [0.2, 0.25) is 0 Å². The molecule has 1 N–H and O–H groups in total. The summed E-state index contributed by atoms with van der Waals surface area (Å²) in [5, 5.41) is 6.89. The molecule has 0 aliphatic rings. The lowest BCUT2D eigenvalue weighted by Gasteiger charge is -2.14. The van der Waals surface area contributed by atoms with Crippen LogP contribution in [0.25, 0.3) is 0 Å². The van der Waals surface area contributed by atoms with Crippen LogP contribution in [0.15, 0.2) is 24.4 Å². The van der Waals surface area contributed by atoms with E-state index < -0.39 is 0 Å². The maximum Gasteiger partial charge on any atom is 0.165 e. The average molecular weight is 253 g/mol. The summed E-state index contributed by atoms with van der Waals surface area (Å²) in [5.74, 6) is -0.131. The van der Waals surface area contributed by atoms with Crippen molar-refractivity contribution in [3.8, 4) is 5.75 Å². The maximum atomic E-state index is 13.6. The zero-order valence-electron chi connectivity index (χ0n) is 9.48. The molecule has 1 aromatic carbocycles. The van der Waals surface area contributed by atoms with Gasteiger partial charge in [-0.15, -0.1) is 5.10 Å². The van der Waals surface area contributed by atoms with E-state index in [0.717, 1.165) is 10.4 Å². The zero-order chi connectivity index (χ0) is 12.3. The van der Waals surface area contributed by atoms with Crippen molar-refractivity contribution in [3.05, 3.63) is 40.7 Å². The van der Waals surface area contributed by atoms with Gasteiger partial charge in [-0.25, -0.2) is 4.39 Å². The number of nitrogens with one attached hydrogen (secondary N) is 1. The third-order valence-electron chi connectivity index (χ3n) is 2.46. The van der Waals surface area contributed by atoms with E-state index >= 15 is 0 Å². The van der Waals surface area contributed by atoms with E-state index in [2.05, 4.69) is 14.9 Å². The molecule has 0 radical (unpaired) electrons. The van der Waals surface area contributed by atoms with E-state index in [1.807, 2.05) is 13.1 Å². The number of hydrogen-bond donors (Lipinski definition) is 1. The molecule has 4 nitrogen and oxygen atoms in total. The smallest absolute Gasteiger partial charge is 0.165 e. The molecule has 0 bridgehead atoms. The quantitative estimate of drug-likeness (QED) is 0.905. The van der Waals surface area contributed by atoms with E-state index in [0.29, 0.717) is 0 Å². The Labute approximate surface area is 103 Å². The Bertz CT molecular complexity index is 489. The van der Waals surface area contributed by atoms with E-state index in [1.165, 1.54) is 24.7 Å². The van der Waals surface area contributed by atoms with Gasteiger partial charge in [-0.05, 0) is 36.3 Å². The fourth-order valence-corrected chi connectivity index (χ4v) is 2.28. The van der Waals surface area contributed by atoms with Gasteiger partial charge in [0.1, 0.15) is 0 Å². The van der Waals surface area contributed by atoms with E-state index in [-0.39, 0.29) is 17.6 Å². The van der Waals surface area contributed by atoms with Gasteiger partial charge in [-0.3, -0.25) is 0 Å². The highest BCUT2D eigenvalue weighted by molar-refractivity contribution is 7.05. The molecule has 2 rings (SSSR count). The minimum Gasteiger partial charge on any atom is -0.494 e. The van der Waals surface area contributed by atoms with Crippen molar-refractivity contribution in [3.63, 3.8) is 0 Å². The van der Waals surface area contributed by atoms with Crippen molar-refractivity contribution < 1.29 is 9.13 Å². The lowest BCUT2D eigenvalue weighted by molar-refractivity contribution is 0.386. The monoisotopic (exact) mass is 253 g/mol. The van der Waals surface area contributed by atoms with Crippen LogP contribution in [0, 0.1) is 5.82 Å². The minimum atomic E-state index is -0.372. The number of methoxy groups -OCH3 is 1. The lowest BCUT2D eigenvalue weighted by atomic mass is 10.1. The highest BCUT2D eigenvalue weighted by Gasteiger charge is 2.16. The van der Waals surface area contributed by atoms with Crippen LogP contribution in [-0.2, 0) is 0 Å². The van der Waals surface area contributed by atoms with Crippen molar-refractivity contribution in [1.29, 1.82) is 0 Å². The summed E-state index contributed by atoms with van der Waals surface area (Å²) in [6.45, 7) is 0. The molecule has 1 atom stereocenters. The molecule has 2 aromatic rings. The number of nitrogens with zero attached hydrogens (tertiary/aromatic N) is 2. The van der Waals surface area contributed by atoms with E-state index in [9.17, 15) is 4.39 Å². The number of halogens is 1. The van der Waals surface area contributed by atoms with E-state index in [4.69, 9.17) is 4.74 Å². The molecule has 6 heteroatoms. The second kappa shape index (κ2) is 5.20. The zero-order valence-corrected chi connectivity index (χ0v) is 10.3. The molecule has 90 valence electrons. The third-order valence-corrected chi connectivity index (χ3v) is 3.19.